The van der Waals surface area contributed by atoms with Crippen LogP contribution in [0.4, 0.5) is 4.79 Å². The van der Waals surface area contributed by atoms with Gasteiger partial charge in [-0.25, -0.2) is 9.59 Å². The number of ether oxygens (including phenoxy) is 2. The Bertz CT molecular complexity index is 714. The summed E-state index contributed by atoms with van der Waals surface area (Å²) in [5.74, 6) is -0.306. The minimum atomic E-state index is -0.536. The van der Waals surface area contributed by atoms with Crippen LogP contribution in [0.25, 0.3) is 0 Å². The van der Waals surface area contributed by atoms with Gasteiger partial charge >= 0.3 is 12.1 Å². The van der Waals surface area contributed by atoms with Gasteiger partial charge in [-0.1, -0.05) is 19.3 Å². The molecule has 7 heteroatoms. The quantitative estimate of drug-likeness (QED) is 0.786. The van der Waals surface area contributed by atoms with Gasteiger partial charge in [-0.05, 0) is 59.8 Å². The summed E-state index contributed by atoms with van der Waals surface area (Å²) in [6, 6.07) is 0.190. The smallest absolute Gasteiger partial charge is 0.407 e. The molecule has 7 nitrogen and oxygen atoms in total. The second-order valence-corrected chi connectivity index (χ2v) is 8.82. The third kappa shape index (κ3) is 4.86. The van der Waals surface area contributed by atoms with E-state index in [2.05, 4.69) is 5.32 Å². The Hall–Kier alpha value is -2.05. The highest BCUT2D eigenvalue weighted by Gasteiger charge is 2.33. The Kier molecular flexibility index (Phi) is 6.30. The summed E-state index contributed by atoms with van der Waals surface area (Å²) in [5, 5.41) is 7.78. The minimum Gasteiger partial charge on any atom is -0.461 e. The van der Waals surface area contributed by atoms with Gasteiger partial charge in [-0.15, -0.1) is 0 Å². The van der Waals surface area contributed by atoms with Crippen LogP contribution in [0.1, 0.15) is 94.0 Å². The molecule has 28 heavy (non-hydrogen) atoms. The number of nitrogens with one attached hydrogen (secondary N) is 1. The zero-order valence-electron chi connectivity index (χ0n) is 17.5. The maximum absolute atomic E-state index is 12.8. The molecular formula is C21H33N3O4. The lowest BCUT2D eigenvalue weighted by atomic mass is 9.91. The van der Waals surface area contributed by atoms with Crippen LogP contribution in [0, 0.1) is 0 Å². The summed E-state index contributed by atoms with van der Waals surface area (Å²) < 4.78 is 12.7. The van der Waals surface area contributed by atoms with Crippen molar-refractivity contribution < 1.29 is 19.1 Å². The van der Waals surface area contributed by atoms with Gasteiger partial charge in [0.05, 0.1) is 18.3 Å². The second kappa shape index (κ2) is 8.53. The van der Waals surface area contributed by atoms with Crippen LogP contribution in [0.15, 0.2) is 0 Å². The lowest BCUT2D eigenvalue weighted by molar-refractivity contribution is 0.0498. The van der Waals surface area contributed by atoms with Crippen molar-refractivity contribution in [1.82, 2.24) is 15.1 Å². The topological polar surface area (TPSA) is 82.5 Å². The third-order valence-corrected chi connectivity index (χ3v) is 5.38. The van der Waals surface area contributed by atoms with Crippen molar-refractivity contribution in [1.29, 1.82) is 0 Å². The zero-order valence-corrected chi connectivity index (χ0v) is 17.5. The van der Waals surface area contributed by atoms with Gasteiger partial charge in [0.1, 0.15) is 11.3 Å². The first kappa shape index (κ1) is 20.7. The van der Waals surface area contributed by atoms with Crippen LogP contribution in [0.2, 0.25) is 0 Å². The van der Waals surface area contributed by atoms with E-state index < -0.39 is 11.7 Å². The Balaban J connectivity index is 1.82. The molecule has 2 aliphatic carbocycles. The fraction of sp³-hybridized carbons (Fsp3) is 0.762. The number of rotatable bonds is 4. The Morgan fingerprint density at radius 3 is 2.54 bits per heavy atom. The van der Waals surface area contributed by atoms with Crippen LogP contribution in [-0.4, -0.2) is 40.1 Å². The van der Waals surface area contributed by atoms with E-state index in [1.165, 1.54) is 19.3 Å². The van der Waals surface area contributed by atoms with Crippen LogP contribution < -0.4 is 5.32 Å². The molecule has 1 aromatic rings. The number of carbonyl (C=O) groups is 2. The summed E-state index contributed by atoms with van der Waals surface area (Å²) in [7, 11) is 0. The molecule has 3 rings (SSSR count). The van der Waals surface area contributed by atoms with Crippen molar-refractivity contribution in [2.24, 2.45) is 0 Å². The zero-order chi connectivity index (χ0) is 20.3. The first-order valence-corrected chi connectivity index (χ1v) is 10.6. The molecule has 1 unspecified atom stereocenters. The number of fused-ring (bicyclic) bond motifs is 1. The lowest BCUT2D eigenvalue weighted by Crippen LogP contribution is -2.42. The van der Waals surface area contributed by atoms with Crippen LogP contribution in [0.5, 0.6) is 0 Å². The largest absolute Gasteiger partial charge is 0.461 e. The molecule has 1 amide bonds. The van der Waals surface area contributed by atoms with Crippen molar-refractivity contribution in [2.75, 3.05) is 6.61 Å². The average Bonchev–Trinajstić information content (AvgIpc) is 3.00. The highest BCUT2D eigenvalue weighted by molar-refractivity contribution is 5.89. The molecule has 1 saturated carbocycles. The van der Waals surface area contributed by atoms with Crippen molar-refractivity contribution >= 4 is 12.1 Å². The molecule has 1 heterocycles. The standard InChI is InChI=1S/C21H33N3O4/c1-5-27-19(25)18-16-13-14(22-20(26)28-21(2,3)4)11-12-17(16)23-24(18)15-9-7-6-8-10-15/h14-15H,5-13H2,1-4H3,(H,22,26). The first-order valence-electron chi connectivity index (χ1n) is 10.6. The molecule has 1 N–H and O–H groups in total. The van der Waals surface area contributed by atoms with E-state index >= 15 is 0 Å². The van der Waals surface area contributed by atoms with Crippen LogP contribution >= 0.6 is 0 Å². The molecule has 1 atom stereocenters. The molecule has 0 bridgehead atoms. The Morgan fingerprint density at radius 2 is 1.89 bits per heavy atom. The van der Waals surface area contributed by atoms with E-state index in [9.17, 15) is 9.59 Å². The van der Waals surface area contributed by atoms with E-state index in [0.717, 1.165) is 36.9 Å². The molecule has 0 spiro atoms. The number of hydrogen-bond acceptors (Lipinski definition) is 5. The van der Waals surface area contributed by atoms with E-state index in [1.54, 1.807) is 0 Å². The normalized spacial score (nSPS) is 20.4. The predicted octanol–water partition coefficient (Wildman–Crippen LogP) is 3.95. The fourth-order valence-corrected chi connectivity index (χ4v) is 4.19. The fourth-order valence-electron chi connectivity index (χ4n) is 4.19. The summed E-state index contributed by atoms with van der Waals surface area (Å²) in [6.45, 7) is 7.69. The molecule has 0 aromatic carbocycles. The van der Waals surface area contributed by atoms with Gasteiger partial charge in [0, 0.05) is 11.6 Å². The highest BCUT2D eigenvalue weighted by Crippen LogP contribution is 2.33. The average molecular weight is 392 g/mol. The van der Waals surface area contributed by atoms with Gasteiger partial charge < -0.3 is 14.8 Å². The number of carbonyl (C=O) groups excluding carboxylic acids is 2. The Labute approximate surface area is 167 Å². The first-order chi connectivity index (χ1) is 13.3. The van der Waals surface area contributed by atoms with Gasteiger partial charge in [0.15, 0.2) is 0 Å². The molecule has 0 aliphatic heterocycles. The predicted molar refractivity (Wildman–Crippen MR) is 105 cm³/mol. The summed E-state index contributed by atoms with van der Waals surface area (Å²) in [5.41, 5.74) is 1.94. The third-order valence-electron chi connectivity index (χ3n) is 5.38. The van der Waals surface area contributed by atoms with E-state index in [0.29, 0.717) is 18.7 Å². The van der Waals surface area contributed by atoms with Crippen LogP contribution in [0.3, 0.4) is 0 Å². The number of nitrogens with zero attached hydrogens (tertiary/aromatic N) is 2. The maximum atomic E-state index is 12.8. The van der Waals surface area contributed by atoms with Crippen molar-refractivity contribution in [3.63, 3.8) is 0 Å². The van der Waals surface area contributed by atoms with Crippen molar-refractivity contribution in [3.05, 3.63) is 17.0 Å². The minimum absolute atomic E-state index is 0.0699. The summed E-state index contributed by atoms with van der Waals surface area (Å²) >= 11 is 0. The summed E-state index contributed by atoms with van der Waals surface area (Å²) in [4.78, 5) is 24.9. The van der Waals surface area contributed by atoms with E-state index in [1.807, 2.05) is 32.4 Å². The van der Waals surface area contributed by atoms with E-state index in [4.69, 9.17) is 14.6 Å². The van der Waals surface area contributed by atoms with Crippen molar-refractivity contribution in [3.8, 4) is 0 Å². The second-order valence-electron chi connectivity index (χ2n) is 8.82. The number of amides is 1. The molecule has 1 aromatic heterocycles. The molecule has 1 fully saturated rings. The molecule has 0 radical (unpaired) electrons. The number of esters is 1. The van der Waals surface area contributed by atoms with Gasteiger partial charge in [0.25, 0.3) is 0 Å². The SMILES string of the molecule is CCOC(=O)c1c2c(nn1C1CCCCC1)CCC(NC(=O)OC(C)(C)C)C2. The van der Waals surface area contributed by atoms with Gasteiger partial charge in [-0.3, -0.25) is 4.68 Å². The van der Waals surface area contributed by atoms with Crippen molar-refractivity contribution in [2.45, 2.75) is 96.7 Å². The lowest BCUT2D eigenvalue weighted by Gasteiger charge is -2.26. The van der Waals surface area contributed by atoms with Gasteiger partial charge in [-0.2, -0.15) is 5.10 Å². The Morgan fingerprint density at radius 1 is 1.18 bits per heavy atom. The number of alkyl carbamates (subject to hydrolysis) is 1. The number of aryl methyl sites for hydroxylation is 1. The molecular weight excluding hydrogens is 358 g/mol. The molecule has 0 saturated heterocycles. The van der Waals surface area contributed by atoms with Gasteiger partial charge in [0.2, 0.25) is 0 Å². The molecule has 2 aliphatic rings. The highest BCUT2D eigenvalue weighted by atomic mass is 16.6. The van der Waals surface area contributed by atoms with E-state index in [-0.39, 0.29) is 18.1 Å². The van der Waals surface area contributed by atoms with Crippen LogP contribution in [-0.2, 0) is 22.3 Å². The summed E-state index contributed by atoms with van der Waals surface area (Å²) in [6.07, 6.45) is 7.36. The maximum Gasteiger partial charge on any atom is 0.407 e. The number of hydrogen-bond donors (Lipinski definition) is 1. The monoisotopic (exact) mass is 391 g/mol. The number of aromatic nitrogens is 2. The molecule has 156 valence electrons.